The molecule has 0 heterocycles. The van der Waals surface area contributed by atoms with Crippen LogP contribution in [0.4, 0.5) is 4.79 Å². The van der Waals surface area contributed by atoms with E-state index < -0.39 is 25.8 Å². The molecular formula is C30H38N2O3Si. The van der Waals surface area contributed by atoms with Crippen LogP contribution in [0.15, 0.2) is 91.0 Å². The molecule has 0 spiro atoms. The van der Waals surface area contributed by atoms with Crippen LogP contribution in [0.2, 0.25) is 6.55 Å². The van der Waals surface area contributed by atoms with Crippen LogP contribution in [-0.4, -0.2) is 37.4 Å². The van der Waals surface area contributed by atoms with Gasteiger partial charge in [-0.05, 0) is 32.8 Å². The summed E-state index contributed by atoms with van der Waals surface area (Å²) in [5.41, 5.74) is 0.233. The predicted octanol–water partition coefficient (Wildman–Crippen LogP) is 4.45. The molecule has 0 aliphatic heterocycles. The molecule has 2 amide bonds. The summed E-state index contributed by atoms with van der Waals surface area (Å²) in [5.74, 6) is -0.206. The first kappa shape index (κ1) is 27.2. The molecule has 0 fully saturated rings. The van der Waals surface area contributed by atoms with E-state index in [9.17, 15) is 9.59 Å². The minimum Gasteiger partial charge on any atom is -0.444 e. The third-order valence-corrected chi connectivity index (χ3v) is 11.5. The van der Waals surface area contributed by atoms with Crippen molar-refractivity contribution in [2.45, 2.75) is 64.4 Å². The van der Waals surface area contributed by atoms with Gasteiger partial charge >= 0.3 is 6.09 Å². The Labute approximate surface area is 216 Å². The van der Waals surface area contributed by atoms with Gasteiger partial charge in [-0.1, -0.05) is 115 Å². The second-order valence-electron chi connectivity index (χ2n) is 10.3. The molecule has 0 aliphatic carbocycles. The molecule has 190 valence electrons. The van der Waals surface area contributed by atoms with Crippen LogP contribution in [0.25, 0.3) is 0 Å². The van der Waals surface area contributed by atoms with E-state index in [1.165, 1.54) is 10.4 Å². The number of hydrogen-bond donors (Lipinski definition) is 2. The zero-order valence-electron chi connectivity index (χ0n) is 22.0. The van der Waals surface area contributed by atoms with Gasteiger partial charge in [-0.15, -0.1) is 0 Å². The van der Waals surface area contributed by atoms with Gasteiger partial charge in [0.15, 0.2) is 0 Å². The highest BCUT2D eigenvalue weighted by Gasteiger charge is 2.41. The second-order valence-corrected chi connectivity index (χ2v) is 14.5. The van der Waals surface area contributed by atoms with Crippen LogP contribution < -0.4 is 21.0 Å². The lowest BCUT2D eigenvalue weighted by atomic mass is 10.1. The molecule has 0 aliphatic rings. The average molecular weight is 503 g/mol. The van der Waals surface area contributed by atoms with Crippen LogP contribution in [0, 0.1) is 0 Å². The average Bonchev–Trinajstić information content (AvgIpc) is 2.87. The van der Waals surface area contributed by atoms with Crippen LogP contribution >= 0.6 is 0 Å². The number of carbonyl (C=O) groups excluding carboxylic acids is 2. The summed E-state index contributed by atoms with van der Waals surface area (Å²) in [6, 6.07) is 29.9. The first-order valence-corrected chi connectivity index (χ1v) is 15.2. The molecule has 3 aromatic carbocycles. The maximum Gasteiger partial charge on any atom is 0.408 e. The normalized spacial score (nSPS) is 13.4. The molecular weight excluding hydrogens is 464 g/mol. The van der Waals surface area contributed by atoms with Gasteiger partial charge in [0.05, 0.1) is 0 Å². The lowest BCUT2D eigenvalue weighted by Gasteiger charge is -2.38. The molecule has 5 nitrogen and oxygen atoms in total. The molecule has 2 atom stereocenters. The Hall–Kier alpha value is -3.38. The molecule has 2 N–H and O–H groups in total. The molecule has 3 aromatic rings. The molecule has 0 radical (unpaired) electrons. The Morgan fingerprint density at radius 2 is 1.28 bits per heavy atom. The van der Waals surface area contributed by atoms with E-state index in [-0.39, 0.29) is 11.6 Å². The summed E-state index contributed by atoms with van der Waals surface area (Å²) >= 11 is 0. The first-order valence-electron chi connectivity index (χ1n) is 12.6. The maximum absolute atomic E-state index is 13.8. The summed E-state index contributed by atoms with van der Waals surface area (Å²) in [5, 5.41) is 8.68. The zero-order valence-corrected chi connectivity index (χ0v) is 23.0. The van der Waals surface area contributed by atoms with Gasteiger partial charge in [-0.25, -0.2) is 4.79 Å². The zero-order chi connectivity index (χ0) is 26.2. The summed E-state index contributed by atoms with van der Waals surface area (Å²) in [4.78, 5) is 26.4. The van der Waals surface area contributed by atoms with Gasteiger partial charge in [-0.2, -0.15) is 0 Å². The number of rotatable bonds is 9. The second kappa shape index (κ2) is 12.0. The van der Waals surface area contributed by atoms with Gasteiger partial charge in [0.1, 0.15) is 19.7 Å². The van der Waals surface area contributed by atoms with Crippen LogP contribution in [0.1, 0.15) is 39.7 Å². The Balaban J connectivity index is 1.92. The van der Waals surface area contributed by atoms with Crippen LogP contribution in [-0.2, 0) is 16.0 Å². The van der Waals surface area contributed by atoms with Crippen molar-refractivity contribution in [3.05, 3.63) is 96.6 Å². The van der Waals surface area contributed by atoms with E-state index >= 15 is 0 Å². The number of benzene rings is 3. The van der Waals surface area contributed by atoms with Gasteiger partial charge < -0.3 is 15.4 Å². The Morgan fingerprint density at radius 1 is 0.806 bits per heavy atom. The standard InChI is InChI=1S/C30H38N2O3Si/c1-6-27(36(5,24-18-12-8-13-19-24)25-20-14-9-15-21-25)32-28(33)26(22-23-16-10-7-11-17-23)31-29(34)35-30(2,3)4/h7-21,26-27H,6,22H2,1-5H3,(H,31,34)(H,32,33)/t26-,27?/m0/s1. The summed E-state index contributed by atoms with van der Waals surface area (Å²) in [7, 11) is -2.39. The topological polar surface area (TPSA) is 67.4 Å². The van der Waals surface area contributed by atoms with Crippen molar-refractivity contribution in [3.8, 4) is 0 Å². The fourth-order valence-electron chi connectivity index (χ4n) is 4.57. The van der Waals surface area contributed by atoms with Crippen molar-refractivity contribution in [2.24, 2.45) is 0 Å². The monoisotopic (exact) mass is 502 g/mol. The maximum atomic E-state index is 13.8. The molecule has 0 bridgehead atoms. The number of amides is 2. The number of carbonyl (C=O) groups is 2. The van der Waals surface area contributed by atoms with E-state index in [0.29, 0.717) is 6.42 Å². The van der Waals surface area contributed by atoms with E-state index in [0.717, 1.165) is 12.0 Å². The quantitative estimate of drug-likeness (QED) is 0.425. The molecule has 1 unspecified atom stereocenters. The Bertz CT molecular complexity index is 1080. The lowest BCUT2D eigenvalue weighted by molar-refractivity contribution is -0.123. The van der Waals surface area contributed by atoms with E-state index in [1.807, 2.05) is 63.2 Å². The molecule has 3 rings (SSSR count). The number of ether oxygens (including phenoxy) is 1. The molecule has 0 saturated heterocycles. The predicted molar refractivity (Wildman–Crippen MR) is 149 cm³/mol. The fraction of sp³-hybridized carbons (Fsp3) is 0.333. The number of hydrogen-bond acceptors (Lipinski definition) is 3. The molecule has 0 saturated carbocycles. The van der Waals surface area contributed by atoms with E-state index in [2.05, 4.69) is 72.6 Å². The molecule has 36 heavy (non-hydrogen) atoms. The van der Waals surface area contributed by atoms with Crippen LogP contribution in [0.3, 0.4) is 0 Å². The third-order valence-electron chi connectivity index (χ3n) is 6.46. The van der Waals surface area contributed by atoms with Crippen molar-refractivity contribution < 1.29 is 14.3 Å². The van der Waals surface area contributed by atoms with Gasteiger partial charge in [0.2, 0.25) is 5.91 Å². The highest BCUT2D eigenvalue weighted by Crippen LogP contribution is 2.15. The minimum atomic E-state index is -2.39. The fourth-order valence-corrected chi connectivity index (χ4v) is 8.73. The molecule has 0 aromatic heterocycles. The first-order chi connectivity index (χ1) is 17.1. The lowest BCUT2D eigenvalue weighted by Crippen LogP contribution is -2.70. The summed E-state index contributed by atoms with van der Waals surface area (Å²) < 4.78 is 5.47. The third kappa shape index (κ3) is 7.07. The van der Waals surface area contributed by atoms with Gasteiger partial charge in [-0.3, -0.25) is 4.79 Å². The van der Waals surface area contributed by atoms with Gasteiger partial charge in [0, 0.05) is 12.1 Å². The van der Waals surface area contributed by atoms with Crippen molar-refractivity contribution in [3.63, 3.8) is 0 Å². The largest absolute Gasteiger partial charge is 0.444 e. The Morgan fingerprint density at radius 3 is 1.72 bits per heavy atom. The van der Waals surface area contributed by atoms with E-state index in [4.69, 9.17) is 4.74 Å². The van der Waals surface area contributed by atoms with Crippen molar-refractivity contribution in [1.82, 2.24) is 10.6 Å². The van der Waals surface area contributed by atoms with Crippen molar-refractivity contribution >= 4 is 30.4 Å². The minimum absolute atomic E-state index is 0.0755. The number of nitrogens with one attached hydrogen (secondary N) is 2. The SMILES string of the molecule is CCC(NC(=O)[C@H](Cc1ccccc1)NC(=O)OC(C)(C)C)[Si](C)(c1ccccc1)c1ccccc1. The highest BCUT2D eigenvalue weighted by atomic mass is 28.3. The highest BCUT2D eigenvalue weighted by molar-refractivity contribution is 7.02. The molecule has 6 heteroatoms. The van der Waals surface area contributed by atoms with E-state index in [1.54, 1.807) is 0 Å². The summed E-state index contributed by atoms with van der Waals surface area (Å²) in [6.07, 6.45) is 0.540. The van der Waals surface area contributed by atoms with Crippen molar-refractivity contribution in [2.75, 3.05) is 0 Å². The summed E-state index contributed by atoms with van der Waals surface area (Å²) in [6.45, 7) is 9.84. The smallest absolute Gasteiger partial charge is 0.408 e. The van der Waals surface area contributed by atoms with Gasteiger partial charge in [0.25, 0.3) is 0 Å². The van der Waals surface area contributed by atoms with Crippen LogP contribution in [0.5, 0.6) is 0 Å². The number of alkyl carbamates (subject to hydrolysis) is 1. The Kier molecular flexibility index (Phi) is 9.10. The van der Waals surface area contributed by atoms with Crippen molar-refractivity contribution in [1.29, 1.82) is 0 Å².